The van der Waals surface area contributed by atoms with Gasteiger partial charge in [-0.1, -0.05) is 12.1 Å². The van der Waals surface area contributed by atoms with Gasteiger partial charge in [0.1, 0.15) is 0 Å². The third-order valence-corrected chi connectivity index (χ3v) is 9.46. The van der Waals surface area contributed by atoms with Crippen LogP contribution in [0.15, 0.2) is 18.2 Å². The van der Waals surface area contributed by atoms with Gasteiger partial charge in [-0.25, -0.2) is 13.2 Å². The number of amides is 1. The summed E-state index contributed by atoms with van der Waals surface area (Å²) >= 11 is 0. The molecule has 1 aromatic carbocycles. The first-order valence-corrected chi connectivity index (χ1v) is 15.0. The molecule has 4 rings (SSSR count). The van der Waals surface area contributed by atoms with Gasteiger partial charge in [0.2, 0.25) is 10.0 Å². The minimum absolute atomic E-state index is 0.00796. The minimum atomic E-state index is -5.75. The van der Waals surface area contributed by atoms with E-state index >= 15 is 0 Å². The fourth-order valence-corrected chi connectivity index (χ4v) is 6.80. The first-order valence-electron chi connectivity index (χ1n) is 13.1. The molecule has 3 aliphatic rings. The van der Waals surface area contributed by atoms with Gasteiger partial charge in [-0.15, -0.1) is 0 Å². The molecule has 3 fully saturated rings. The van der Waals surface area contributed by atoms with Gasteiger partial charge >= 0.3 is 18.4 Å². The zero-order chi connectivity index (χ0) is 29.5. The van der Waals surface area contributed by atoms with E-state index in [4.69, 9.17) is 0 Å². The Kier molecular flexibility index (Phi) is 8.59. The van der Waals surface area contributed by atoms with Gasteiger partial charge in [-0.2, -0.15) is 30.6 Å². The van der Waals surface area contributed by atoms with Gasteiger partial charge in [0, 0.05) is 57.0 Å². The molecule has 8 nitrogen and oxygen atoms in total. The average molecular weight is 601 g/mol. The molecule has 0 N–H and O–H groups in total. The number of alkyl halides is 6. The number of likely N-dealkylation sites (tertiary alicyclic amines) is 2. The molecule has 0 aromatic heterocycles. The molecule has 0 unspecified atom stereocenters. The first-order chi connectivity index (χ1) is 18.5. The zero-order valence-corrected chi connectivity index (χ0v) is 23.2. The summed E-state index contributed by atoms with van der Waals surface area (Å²) in [5.41, 5.74) is 2.80. The smallest absolute Gasteiger partial charge is 0.426 e. The second kappa shape index (κ2) is 11.2. The average Bonchev–Trinajstić information content (AvgIpc) is 3.23. The Morgan fingerprint density at radius 2 is 1.55 bits per heavy atom. The lowest BCUT2D eigenvalue weighted by molar-refractivity contribution is -0.308. The van der Waals surface area contributed by atoms with E-state index in [0.29, 0.717) is 45.6 Å². The van der Waals surface area contributed by atoms with Gasteiger partial charge < -0.3 is 14.5 Å². The van der Waals surface area contributed by atoms with Crippen molar-refractivity contribution in [1.82, 2.24) is 14.1 Å². The van der Waals surface area contributed by atoms with Crippen LogP contribution in [-0.2, 0) is 21.3 Å². The van der Waals surface area contributed by atoms with Crippen molar-refractivity contribution in [2.45, 2.75) is 63.1 Å². The Balaban J connectivity index is 1.43. The lowest BCUT2D eigenvalue weighted by atomic mass is 9.84. The molecule has 226 valence electrons. The topological polar surface area (TPSA) is 73.4 Å². The number of hydrogen-bond donors (Lipinski definition) is 0. The summed E-state index contributed by atoms with van der Waals surface area (Å²) < 4.78 is 106. The van der Waals surface area contributed by atoms with Crippen LogP contribution >= 0.6 is 0 Å². The van der Waals surface area contributed by atoms with Crippen LogP contribution in [-0.4, -0.2) is 105 Å². The van der Waals surface area contributed by atoms with E-state index in [2.05, 4.69) is 20.6 Å². The number of ether oxygens (including phenoxy) is 1. The number of piperazine rings is 1. The van der Waals surface area contributed by atoms with Gasteiger partial charge in [0.15, 0.2) is 0 Å². The van der Waals surface area contributed by atoms with Crippen LogP contribution < -0.4 is 4.90 Å². The molecule has 1 spiro atoms. The van der Waals surface area contributed by atoms with Gasteiger partial charge in [0.25, 0.3) is 6.10 Å². The van der Waals surface area contributed by atoms with Crippen LogP contribution in [0.3, 0.4) is 0 Å². The van der Waals surface area contributed by atoms with E-state index in [-0.39, 0.29) is 18.6 Å². The molecular weight excluding hydrogens is 566 g/mol. The number of benzene rings is 1. The second-order valence-corrected chi connectivity index (χ2v) is 12.8. The zero-order valence-electron chi connectivity index (χ0n) is 22.4. The molecule has 0 aliphatic carbocycles. The molecule has 1 amide bonds. The Morgan fingerprint density at radius 3 is 2.10 bits per heavy atom. The number of rotatable bonds is 5. The van der Waals surface area contributed by atoms with Crippen molar-refractivity contribution in [3.63, 3.8) is 0 Å². The lowest BCUT2D eigenvalue weighted by Crippen LogP contribution is -2.54. The minimum Gasteiger partial charge on any atom is -0.426 e. The van der Waals surface area contributed by atoms with Gasteiger partial charge in [-0.05, 0) is 56.3 Å². The molecule has 1 aromatic rings. The number of aryl methyl sites for hydroxylation is 1. The monoisotopic (exact) mass is 600 g/mol. The maximum Gasteiger partial charge on any atom is 0.434 e. The van der Waals surface area contributed by atoms with E-state index in [1.165, 1.54) is 10.6 Å². The summed E-state index contributed by atoms with van der Waals surface area (Å²) in [5, 5.41) is 0. The maximum atomic E-state index is 12.9. The number of halogens is 6. The third kappa shape index (κ3) is 6.78. The van der Waals surface area contributed by atoms with Crippen molar-refractivity contribution < 1.29 is 44.3 Å². The van der Waals surface area contributed by atoms with Crippen LogP contribution in [0.2, 0.25) is 0 Å². The van der Waals surface area contributed by atoms with Crippen LogP contribution in [0.25, 0.3) is 0 Å². The third-order valence-electron chi connectivity index (χ3n) is 8.16. The van der Waals surface area contributed by atoms with Crippen molar-refractivity contribution in [3.05, 3.63) is 29.3 Å². The molecule has 0 saturated carbocycles. The van der Waals surface area contributed by atoms with E-state index < -0.39 is 34.6 Å². The Morgan fingerprint density at radius 1 is 0.950 bits per heavy atom. The highest BCUT2D eigenvalue weighted by atomic mass is 32.2. The molecule has 0 atom stereocenters. The number of anilines is 1. The van der Waals surface area contributed by atoms with Crippen LogP contribution in [0.1, 0.15) is 36.8 Å². The highest BCUT2D eigenvalue weighted by Crippen LogP contribution is 2.41. The number of carbonyl (C=O) groups excluding carboxylic acids is 1. The Bertz CT molecular complexity index is 1160. The SMILES string of the molecule is Cc1ccc(CN2CCCC23CCN(C(=O)OC(C(F)(F)F)C(F)(F)F)CC3)c(N2CCN(S(C)(=O)=O)CC2)c1. The fraction of sp³-hybridized carbons (Fsp3) is 0.720. The molecule has 40 heavy (non-hydrogen) atoms. The lowest BCUT2D eigenvalue weighted by Gasteiger charge is -2.45. The van der Waals surface area contributed by atoms with E-state index in [1.807, 2.05) is 19.1 Å². The molecule has 0 bridgehead atoms. The second-order valence-electron chi connectivity index (χ2n) is 10.9. The van der Waals surface area contributed by atoms with Crippen LogP contribution in [0, 0.1) is 6.92 Å². The standard InChI is InChI=1S/C25H34F6N4O4S/c1-18-4-5-19(20(16-18)32-12-14-35(15-13-32)40(2,37)38)17-34-9-3-6-23(34)7-10-33(11-8-23)22(36)39-21(24(26,27)28)25(29,30)31/h4-5,16,21H,3,6-15,17H2,1-2H3. The maximum absolute atomic E-state index is 12.9. The number of carbonyl (C=O) groups is 1. The summed E-state index contributed by atoms with van der Waals surface area (Å²) in [6.45, 7) is 5.17. The molecule has 3 saturated heterocycles. The Hall–Kier alpha value is -2.26. The summed E-state index contributed by atoms with van der Waals surface area (Å²) in [7, 11) is -3.27. The molecule has 3 aliphatic heterocycles. The number of hydrogen-bond acceptors (Lipinski definition) is 6. The molecule has 3 heterocycles. The first kappa shape index (κ1) is 30.7. The van der Waals surface area contributed by atoms with Crippen molar-refractivity contribution in [3.8, 4) is 0 Å². The Labute approximate surface area is 229 Å². The molecular formula is C25H34F6N4O4S. The number of nitrogens with zero attached hydrogens (tertiary/aromatic N) is 4. The number of sulfonamides is 1. The predicted octanol–water partition coefficient (Wildman–Crippen LogP) is 4.14. The normalized spacial score (nSPS) is 21.4. The summed E-state index contributed by atoms with van der Waals surface area (Å²) in [4.78, 5) is 17.6. The highest BCUT2D eigenvalue weighted by molar-refractivity contribution is 7.88. The summed E-state index contributed by atoms with van der Waals surface area (Å²) in [6, 6.07) is 6.12. The van der Waals surface area contributed by atoms with E-state index in [0.717, 1.165) is 41.1 Å². The van der Waals surface area contributed by atoms with Crippen LogP contribution in [0.5, 0.6) is 0 Å². The van der Waals surface area contributed by atoms with Crippen molar-refractivity contribution in [1.29, 1.82) is 0 Å². The largest absolute Gasteiger partial charge is 0.434 e. The molecule has 15 heteroatoms. The van der Waals surface area contributed by atoms with E-state index in [9.17, 15) is 39.6 Å². The van der Waals surface area contributed by atoms with Crippen molar-refractivity contribution >= 4 is 21.8 Å². The fourth-order valence-electron chi connectivity index (χ4n) is 5.98. The molecule has 0 radical (unpaired) electrons. The highest BCUT2D eigenvalue weighted by Gasteiger charge is 2.60. The number of piperidine rings is 1. The quantitative estimate of drug-likeness (QED) is 0.474. The van der Waals surface area contributed by atoms with Crippen LogP contribution in [0.4, 0.5) is 36.8 Å². The summed E-state index contributed by atoms with van der Waals surface area (Å²) in [5.74, 6) is 0. The van der Waals surface area contributed by atoms with Crippen molar-refractivity contribution in [2.75, 3.05) is 57.0 Å². The van der Waals surface area contributed by atoms with Crippen molar-refractivity contribution in [2.24, 2.45) is 0 Å². The van der Waals surface area contributed by atoms with Gasteiger partial charge in [0.05, 0.1) is 6.26 Å². The predicted molar refractivity (Wildman–Crippen MR) is 135 cm³/mol. The van der Waals surface area contributed by atoms with E-state index in [1.54, 1.807) is 0 Å². The van der Waals surface area contributed by atoms with Gasteiger partial charge in [-0.3, -0.25) is 4.90 Å². The summed E-state index contributed by atoms with van der Waals surface area (Å²) in [6.07, 6.45) is -13.6.